The van der Waals surface area contributed by atoms with Crippen LogP contribution in [0.25, 0.3) is 0 Å². The van der Waals surface area contributed by atoms with Gasteiger partial charge in [0.05, 0.1) is 5.03 Å². The van der Waals surface area contributed by atoms with Crippen molar-refractivity contribution in [1.29, 1.82) is 0 Å². The number of halogens is 5. The highest BCUT2D eigenvalue weighted by molar-refractivity contribution is 6.79. The van der Waals surface area contributed by atoms with Gasteiger partial charge in [-0.15, -0.1) is 0 Å². The number of carbonyl (C=O) groups excluding carboxylic acids is 1. The van der Waals surface area contributed by atoms with Gasteiger partial charge in [-0.1, -0.05) is 58.0 Å². The van der Waals surface area contributed by atoms with Crippen LogP contribution in [0.4, 0.5) is 0 Å². The van der Waals surface area contributed by atoms with Crippen molar-refractivity contribution in [2.24, 2.45) is 0 Å². The lowest BCUT2D eigenvalue weighted by molar-refractivity contribution is -0.114. The molecule has 58 valence electrons. The molecule has 0 atom stereocenters. The number of rotatable bonds is 1. The van der Waals surface area contributed by atoms with Crippen LogP contribution in [-0.4, -0.2) is 9.58 Å². The molecule has 0 fully saturated rings. The molecule has 10 heavy (non-hydrogen) atoms. The number of Topliss-reactive ketones (excluding diaryl/α,β-unsaturated/α-hetero) is 1. The van der Waals surface area contributed by atoms with Gasteiger partial charge in [-0.25, -0.2) is 0 Å². The first-order chi connectivity index (χ1) is 4.39. The van der Waals surface area contributed by atoms with E-state index in [1.54, 1.807) is 0 Å². The fraction of sp³-hybridized carbons (Fsp3) is 0.250. The van der Waals surface area contributed by atoms with Crippen LogP contribution in [0.3, 0.4) is 0 Å². The summed E-state index contributed by atoms with van der Waals surface area (Å²) in [6.07, 6.45) is 0. The molecule has 1 nitrogen and oxygen atoms in total. The zero-order valence-corrected chi connectivity index (χ0v) is 8.16. The molecule has 0 aromatic carbocycles. The van der Waals surface area contributed by atoms with Gasteiger partial charge >= 0.3 is 0 Å². The molecule has 0 saturated carbocycles. The van der Waals surface area contributed by atoms with Gasteiger partial charge in [-0.3, -0.25) is 4.79 Å². The second-order valence-corrected chi connectivity index (χ2v) is 4.19. The van der Waals surface area contributed by atoms with Gasteiger partial charge in [0.15, 0.2) is 0 Å². The molecule has 0 heterocycles. The highest BCUT2D eigenvalue weighted by Gasteiger charge is 2.32. The summed E-state index contributed by atoms with van der Waals surface area (Å²) in [5, 5.41) is -0.304. The minimum atomic E-state index is -2.03. The Morgan fingerprint density at radius 1 is 1.30 bits per heavy atom. The van der Waals surface area contributed by atoms with Crippen LogP contribution in [0.15, 0.2) is 10.6 Å². The molecule has 0 unspecified atom stereocenters. The lowest BCUT2D eigenvalue weighted by atomic mass is 10.4. The second-order valence-electron chi connectivity index (χ2n) is 1.28. The van der Waals surface area contributed by atoms with E-state index in [4.69, 9.17) is 58.0 Å². The number of ketones is 1. The van der Waals surface area contributed by atoms with Crippen LogP contribution >= 0.6 is 58.0 Å². The van der Waals surface area contributed by atoms with Gasteiger partial charge in [0.25, 0.3) is 3.79 Å². The van der Waals surface area contributed by atoms with Crippen molar-refractivity contribution in [2.75, 3.05) is 0 Å². The van der Waals surface area contributed by atoms with E-state index in [2.05, 4.69) is 0 Å². The molecule has 0 spiro atoms. The van der Waals surface area contributed by atoms with Crippen molar-refractivity contribution in [2.45, 2.75) is 3.79 Å². The van der Waals surface area contributed by atoms with Crippen LogP contribution in [0.2, 0.25) is 0 Å². The predicted molar refractivity (Wildman–Crippen MR) is 45.1 cm³/mol. The minimum absolute atomic E-state index is 0.304. The Bertz CT molecular complexity index is 167. The molecule has 0 aromatic rings. The van der Waals surface area contributed by atoms with Gasteiger partial charge in [0.2, 0.25) is 5.78 Å². The molecule has 0 amide bonds. The van der Waals surface area contributed by atoms with Crippen molar-refractivity contribution in [3.05, 3.63) is 10.6 Å². The summed E-state index contributed by atoms with van der Waals surface area (Å²) in [6, 6.07) is 0. The molecule has 0 aliphatic heterocycles. The fourth-order valence-electron chi connectivity index (χ4n) is 0.185. The van der Waals surface area contributed by atoms with E-state index in [1.807, 2.05) is 0 Å². The van der Waals surface area contributed by atoms with Crippen LogP contribution in [-0.2, 0) is 4.79 Å². The van der Waals surface area contributed by atoms with E-state index in [0.29, 0.717) is 0 Å². The third-order valence-corrected chi connectivity index (χ3v) is 1.70. The molecule has 0 bridgehead atoms. The second kappa shape index (κ2) is 4.03. The van der Waals surface area contributed by atoms with Crippen LogP contribution in [0.1, 0.15) is 0 Å². The average Bonchev–Trinajstić information content (AvgIpc) is 1.83. The zero-order valence-electron chi connectivity index (χ0n) is 4.38. The zero-order chi connectivity index (χ0) is 8.36. The van der Waals surface area contributed by atoms with E-state index >= 15 is 0 Å². The number of allylic oxidation sites excluding steroid dienone is 1. The van der Waals surface area contributed by atoms with Crippen molar-refractivity contribution >= 4 is 63.8 Å². The van der Waals surface area contributed by atoms with Gasteiger partial charge in [-0.05, 0) is 0 Å². The lowest BCUT2D eigenvalue weighted by Crippen LogP contribution is -2.18. The molecular formula is C4HCl5O. The Morgan fingerprint density at radius 2 is 1.70 bits per heavy atom. The third-order valence-electron chi connectivity index (χ3n) is 0.570. The van der Waals surface area contributed by atoms with E-state index in [-0.39, 0.29) is 5.03 Å². The summed E-state index contributed by atoms with van der Waals surface area (Å²) in [7, 11) is 0. The standard InChI is InChI=1S/C4HCl5O/c5-1-2(6)3(10)4(7,8)9/h1H. The summed E-state index contributed by atoms with van der Waals surface area (Å²) >= 11 is 25.8. The molecular weight excluding hydrogens is 241 g/mol. The van der Waals surface area contributed by atoms with Crippen LogP contribution in [0.5, 0.6) is 0 Å². The summed E-state index contributed by atoms with van der Waals surface area (Å²) < 4.78 is -2.03. The maximum absolute atomic E-state index is 10.7. The maximum Gasteiger partial charge on any atom is 0.254 e. The molecule has 0 rings (SSSR count). The quantitative estimate of drug-likeness (QED) is 0.509. The molecule has 0 saturated heterocycles. The van der Waals surface area contributed by atoms with Crippen molar-refractivity contribution in [3.63, 3.8) is 0 Å². The van der Waals surface area contributed by atoms with E-state index in [0.717, 1.165) is 5.54 Å². The summed E-state index contributed by atoms with van der Waals surface area (Å²) in [5.41, 5.74) is 0.839. The first kappa shape index (κ1) is 10.9. The highest BCUT2D eigenvalue weighted by Crippen LogP contribution is 2.31. The van der Waals surface area contributed by atoms with Crippen LogP contribution < -0.4 is 0 Å². The van der Waals surface area contributed by atoms with Gasteiger partial charge in [0.1, 0.15) is 0 Å². The van der Waals surface area contributed by atoms with Gasteiger partial charge in [-0.2, -0.15) is 0 Å². The maximum atomic E-state index is 10.7. The van der Waals surface area contributed by atoms with Crippen LogP contribution in [0, 0.1) is 0 Å². The third kappa shape index (κ3) is 3.31. The number of alkyl halides is 3. The number of hydrogen-bond donors (Lipinski definition) is 0. The smallest absolute Gasteiger partial charge is 0.254 e. The number of carbonyl (C=O) groups is 1. The Hall–Kier alpha value is 0.860. The Balaban J connectivity index is 4.39. The summed E-state index contributed by atoms with van der Waals surface area (Å²) in [5.74, 6) is -0.839. The number of hydrogen-bond acceptors (Lipinski definition) is 1. The molecule has 0 radical (unpaired) electrons. The first-order valence-corrected chi connectivity index (χ1v) is 3.92. The predicted octanol–water partition coefficient (Wildman–Crippen LogP) is 3.24. The van der Waals surface area contributed by atoms with Crippen molar-refractivity contribution in [1.82, 2.24) is 0 Å². The Labute approximate surface area is 82.8 Å². The Morgan fingerprint density at radius 3 is 1.80 bits per heavy atom. The lowest BCUT2D eigenvalue weighted by Gasteiger charge is -2.06. The molecule has 0 N–H and O–H groups in total. The highest BCUT2D eigenvalue weighted by atomic mass is 35.6. The summed E-state index contributed by atoms with van der Waals surface area (Å²) in [6.45, 7) is 0. The Kier molecular flexibility index (Phi) is 4.38. The molecule has 0 aromatic heterocycles. The SMILES string of the molecule is O=C(C(Cl)=CCl)C(Cl)(Cl)Cl. The summed E-state index contributed by atoms with van der Waals surface area (Å²) in [4.78, 5) is 10.7. The average molecular weight is 242 g/mol. The molecule has 0 aliphatic rings. The minimum Gasteiger partial charge on any atom is -0.288 e. The van der Waals surface area contributed by atoms with Gasteiger partial charge in [0, 0.05) is 5.54 Å². The molecule has 6 heteroatoms. The fourth-order valence-corrected chi connectivity index (χ4v) is 0.876. The van der Waals surface area contributed by atoms with Crippen molar-refractivity contribution < 1.29 is 4.79 Å². The topological polar surface area (TPSA) is 17.1 Å². The van der Waals surface area contributed by atoms with Gasteiger partial charge < -0.3 is 0 Å². The van der Waals surface area contributed by atoms with Crippen molar-refractivity contribution in [3.8, 4) is 0 Å². The normalized spacial score (nSPS) is 13.5. The van der Waals surface area contributed by atoms with E-state index in [9.17, 15) is 4.79 Å². The first-order valence-electron chi connectivity index (χ1n) is 1.97. The van der Waals surface area contributed by atoms with E-state index < -0.39 is 9.58 Å². The monoisotopic (exact) mass is 240 g/mol. The molecule has 0 aliphatic carbocycles. The largest absolute Gasteiger partial charge is 0.288 e. The van der Waals surface area contributed by atoms with E-state index in [1.165, 1.54) is 0 Å².